The monoisotopic (exact) mass is 404 g/mol. The van der Waals surface area contributed by atoms with Gasteiger partial charge >= 0.3 is 0 Å². The van der Waals surface area contributed by atoms with Gasteiger partial charge in [0.05, 0.1) is 0 Å². The zero-order valence-electron chi connectivity index (χ0n) is 19.4. The molecule has 0 unspecified atom stereocenters. The topological polar surface area (TPSA) is 113 Å². The normalized spacial score (nSPS) is 26.1. The SMILES string of the molecule is CC1(C)CC(Nc2nc(N)nc(NC3CC(C)(C)NC(C)(C)C3)n2)CC(C)(C)N1. The van der Waals surface area contributed by atoms with Gasteiger partial charge in [-0.15, -0.1) is 0 Å². The molecular weight excluding hydrogens is 364 g/mol. The first-order valence-electron chi connectivity index (χ1n) is 10.8. The van der Waals surface area contributed by atoms with E-state index in [0.29, 0.717) is 11.9 Å². The Morgan fingerprint density at radius 2 is 0.966 bits per heavy atom. The molecule has 0 aromatic carbocycles. The molecule has 0 atom stereocenters. The number of anilines is 3. The molecule has 0 amide bonds. The van der Waals surface area contributed by atoms with E-state index >= 15 is 0 Å². The van der Waals surface area contributed by atoms with Gasteiger partial charge in [0.25, 0.3) is 0 Å². The van der Waals surface area contributed by atoms with Crippen LogP contribution >= 0.6 is 0 Å². The molecule has 2 aliphatic heterocycles. The number of aromatic nitrogens is 3. The number of nitrogens with two attached hydrogens (primary N) is 1. The van der Waals surface area contributed by atoms with Gasteiger partial charge in [0.2, 0.25) is 17.8 Å². The third-order valence-electron chi connectivity index (χ3n) is 5.70. The fraction of sp³-hybridized carbons (Fsp3) is 0.857. The number of hydrogen-bond acceptors (Lipinski definition) is 8. The molecule has 8 heteroatoms. The number of nitrogens with zero attached hydrogens (tertiary/aromatic N) is 3. The zero-order valence-corrected chi connectivity index (χ0v) is 19.4. The van der Waals surface area contributed by atoms with Crippen LogP contribution in [0.1, 0.15) is 81.1 Å². The van der Waals surface area contributed by atoms with Crippen molar-refractivity contribution < 1.29 is 0 Å². The summed E-state index contributed by atoms with van der Waals surface area (Å²) in [4.78, 5) is 13.3. The Kier molecular flexibility index (Phi) is 5.49. The van der Waals surface area contributed by atoms with Crippen molar-refractivity contribution in [1.82, 2.24) is 25.6 Å². The molecule has 2 saturated heterocycles. The van der Waals surface area contributed by atoms with Crippen LogP contribution in [-0.2, 0) is 0 Å². The lowest BCUT2D eigenvalue weighted by Gasteiger charge is -2.46. The van der Waals surface area contributed by atoms with E-state index in [1.807, 2.05) is 0 Å². The van der Waals surface area contributed by atoms with Gasteiger partial charge in [0.15, 0.2) is 0 Å². The molecule has 3 rings (SSSR count). The lowest BCUT2D eigenvalue weighted by Crippen LogP contribution is -2.60. The molecule has 0 spiro atoms. The highest BCUT2D eigenvalue weighted by atomic mass is 15.3. The molecule has 3 heterocycles. The summed E-state index contributed by atoms with van der Waals surface area (Å²) in [5.74, 6) is 1.34. The number of nitrogens with one attached hydrogen (secondary N) is 4. The van der Waals surface area contributed by atoms with Crippen molar-refractivity contribution >= 4 is 17.8 Å². The zero-order chi connectivity index (χ0) is 21.7. The van der Waals surface area contributed by atoms with Crippen molar-refractivity contribution in [1.29, 1.82) is 0 Å². The van der Waals surface area contributed by atoms with Crippen molar-refractivity contribution in [3.05, 3.63) is 0 Å². The van der Waals surface area contributed by atoms with Gasteiger partial charge in [0.1, 0.15) is 0 Å². The van der Waals surface area contributed by atoms with E-state index in [4.69, 9.17) is 5.73 Å². The Balaban J connectivity index is 1.73. The molecule has 1 aromatic rings. The lowest BCUT2D eigenvalue weighted by molar-refractivity contribution is 0.170. The Morgan fingerprint density at radius 1 is 0.655 bits per heavy atom. The van der Waals surface area contributed by atoms with Gasteiger partial charge in [-0.3, -0.25) is 0 Å². The quantitative estimate of drug-likeness (QED) is 0.521. The Hall–Kier alpha value is -1.67. The first-order valence-corrected chi connectivity index (χ1v) is 10.8. The second-order valence-electron chi connectivity index (χ2n) is 11.6. The standard InChI is InChI=1S/C21H40N8/c1-18(2)9-13(10-19(3,4)28-18)23-16-25-15(22)26-17(27-16)24-14-11-20(5,6)29-21(7,8)12-14/h13-14,28-29H,9-12H2,1-8H3,(H4,22,23,24,25,26,27). The molecule has 29 heavy (non-hydrogen) atoms. The lowest BCUT2D eigenvalue weighted by atomic mass is 9.79. The van der Waals surface area contributed by atoms with Gasteiger partial charge < -0.3 is 27.0 Å². The molecule has 0 radical (unpaired) electrons. The molecule has 0 aliphatic carbocycles. The van der Waals surface area contributed by atoms with Gasteiger partial charge in [-0.1, -0.05) is 0 Å². The van der Waals surface area contributed by atoms with Crippen molar-refractivity contribution in [3.63, 3.8) is 0 Å². The van der Waals surface area contributed by atoms with Crippen molar-refractivity contribution in [2.75, 3.05) is 16.4 Å². The minimum Gasteiger partial charge on any atom is -0.368 e. The maximum atomic E-state index is 6.02. The minimum atomic E-state index is 0.0470. The summed E-state index contributed by atoms with van der Waals surface area (Å²) in [6, 6.07) is 0.542. The molecular formula is C21H40N8. The third-order valence-corrected chi connectivity index (χ3v) is 5.70. The van der Waals surface area contributed by atoms with E-state index in [1.54, 1.807) is 0 Å². The molecule has 6 N–H and O–H groups in total. The van der Waals surface area contributed by atoms with E-state index in [0.717, 1.165) is 25.7 Å². The van der Waals surface area contributed by atoms with Crippen LogP contribution in [0.15, 0.2) is 0 Å². The number of piperidine rings is 2. The van der Waals surface area contributed by atoms with Gasteiger partial charge in [-0.2, -0.15) is 15.0 Å². The smallest absolute Gasteiger partial charge is 0.229 e. The van der Waals surface area contributed by atoms with Crippen LogP contribution in [0, 0.1) is 0 Å². The van der Waals surface area contributed by atoms with Gasteiger partial charge in [-0.05, 0) is 81.1 Å². The highest BCUT2D eigenvalue weighted by molar-refractivity contribution is 5.41. The van der Waals surface area contributed by atoms with Crippen molar-refractivity contribution in [3.8, 4) is 0 Å². The van der Waals surface area contributed by atoms with E-state index in [-0.39, 0.29) is 40.2 Å². The van der Waals surface area contributed by atoms with Crippen molar-refractivity contribution in [2.45, 2.75) is 115 Å². The highest BCUT2D eigenvalue weighted by Gasteiger charge is 2.39. The number of rotatable bonds is 4. The summed E-state index contributed by atoms with van der Waals surface area (Å²) in [7, 11) is 0. The number of hydrogen-bond donors (Lipinski definition) is 5. The van der Waals surface area contributed by atoms with Crippen LogP contribution in [-0.4, -0.2) is 49.2 Å². The summed E-state index contributed by atoms with van der Waals surface area (Å²) in [6.07, 6.45) is 3.95. The predicted molar refractivity (Wildman–Crippen MR) is 120 cm³/mol. The van der Waals surface area contributed by atoms with E-state index in [2.05, 4.69) is 91.6 Å². The first-order chi connectivity index (χ1) is 13.1. The molecule has 164 valence electrons. The molecule has 0 saturated carbocycles. The largest absolute Gasteiger partial charge is 0.368 e. The molecule has 2 fully saturated rings. The summed E-state index contributed by atoms with van der Waals surface area (Å²) in [5.41, 5.74) is 6.20. The predicted octanol–water partition coefficient (Wildman–Crippen LogP) is 2.90. The second kappa shape index (κ2) is 7.23. The van der Waals surface area contributed by atoms with Gasteiger partial charge in [-0.25, -0.2) is 0 Å². The average Bonchev–Trinajstić information content (AvgIpc) is 2.38. The molecule has 2 aliphatic rings. The summed E-state index contributed by atoms with van der Waals surface area (Å²) in [6.45, 7) is 17.9. The minimum absolute atomic E-state index is 0.0470. The van der Waals surface area contributed by atoms with Crippen LogP contribution in [0.3, 0.4) is 0 Å². The van der Waals surface area contributed by atoms with E-state index < -0.39 is 0 Å². The Bertz CT molecular complexity index is 650. The molecule has 0 bridgehead atoms. The first kappa shape index (κ1) is 22.0. The molecule has 8 nitrogen and oxygen atoms in total. The maximum absolute atomic E-state index is 6.02. The highest BCUT2D eigenvalue weighted by Crippen LogP contribution is 2.31. The van der Waals surface area contributed by atoms with Crippen LogP contribution in [0.4, 0.5) is 17.8 Å². The molecule has 1 aromatic heterocycles. The van der Waals surface area contributed by atoms with E-state index in [9.17, 15) is 0 Å². The van der Waals surface area contributed by atoms with Crippen LogP contribution < -0.4 is 27.0 Å². The van der Waals surface area contributed by atoms with Crippen LogP contribution in [0.2, 0.25) is 0 Å². The summed E-state index contributed by atoms with van der Waals surface area (Å²) in [5, 5.41) is 14.4. The average molecular weight is 405 g/mol. The fourth-order valence-corrected chi connectivity index (χ4v) is 5.74. The second-order valence-corrected chi connectivity index (χ2v) is 11.6. The van der Waals surface area contributed by atoms with E-state index in [1.165, 1.54) is 0 Å². The Labute approximate surface area is 175 Å². The number of nitrogen functional groups attached to an aromatic ring is 1. The van der Waals surface area contributed by atoms with Crippen LogP contribution in [0.5, 0.6) is 0 Å². The fourth-order valence-electron chi connectivity index (χ4n) is 5.74. The summed E-state index contributed by atoms with van der Waals surface area (Å²) >= 11 is 0. The Morgan fingerprint density at radius 3 is 1.28 bits per heavy atom. The summed E-state index contributed by atoms with van der Waals surface area (Å²) < 4.78 is 0. The maximum Gasteiger partial charge on any atom is 0.229 e. The van der Waals surface area contributed by atoms with Crippen LogP contribution in [0.25, 0.3) is 0 Å². The third kappa shape index (κ3) is 6.15. The van der Waals surface area contributed by atoms with Gasteiger partial charge in [0, 0.05) is 34.2 Å². The van der Waals surface area contributed by atoms with Crippen molar-refractivity contribution in [2.24, 2.45) is 0 Å².